The molecule has 110 valence electrons. The van der Waals surface area contributed by atoms with Gasteiger partial charge in [-0.3, -0.25) is 4.79 Å². The SMILES string of the molecule is CC(=O)c1ccccc1OCCOc1ccc(CO)cc1. The minimum Gasteiger partial charge on any atom is -0.490 e. The Kier molecular flexibility index (Phi) is 5.35. The Labute approximate surface area is 123 Å². The van der Waals surface area contributed by atoms with Crippen molar-refractivity contribution in [3.8, 4) is 11.5 Å². The molecule has 0 unspecified atom stereocenters. The molecule has 0 spiro atoms. The molecule has 0 atom stereocenters. The van der Waals surface area contributed by atoms with Gasteiger partial charge in [0.15, 0.2) is 5.78 Å². The predicted octanol–water partition coefficient (Wildman–Crippen LogP) is 2.84. The molecule has 2 aromatic rings. The van der Waals surface area contributed by atoms with Crippen LogP contribution < -0.4 is 9.47 Å². The zero-order valence-corrected chi connectivity index (χ0v) is 11.9. The van der Waals surface area contributed by atoms with Crippen molar-refractivity contribution in [2.45, 2.75) is 13.5 Å². The van der Waals surface area contributed by atoms with Gasteiger partial charge < -0.3 is 14.6 Å². The number of aliphatic hydroxyl groups excluding tert-OH is 1. The molecule has 0 aromatic heterocycles. The number of Topliss-reactive ketones (excluding diaryl/α,β-unsaturated/α-hetero) is 1. The van der Waals surface area contributed by atoms with Gasteiger partial charge in [0.05, 0.1) is 12.2 Å². The highest BCUT2D eigenvalue weighted by molar-refractivity contribution is 5.96. The summed E-state index contributed by atoms with van der Waals surface area (Å²) in [6, 6.07) is 14.4. The molecule has 4 heteroatoms. The monoisotopic (exact) mass is 286 g/mol. The smallest absolute Gasteiger partial charge is 0.163 e. The van der Waals surface area contributed by atoms with Crippen LogP contribution in [0.4, 0.5) is 0 Å². The Morgan fingerprint density at radius 2 is 1.67 bits per heavy atom. The van der Waals surface area contributed by atoms with E-state index in [1.54, 1.807) is 36.4 Å². The number of hydrogen-bond acceptors (Lipinski definition) is 4. The van der Waals surface area contributed by atoms with Crippen LogP contribution in [0.15, 0.2) is 48.5 Å². The van der Waals surface area contributed by atoms with Gasteiger partial charge in [0, 0.05) is 0 Å². The molecule has 4 nitrogen and oxygen atoms in total. The van der Waals surface area contributed by atoms with Crippen molar-refractivity contribution >= 4 is 5.78 Å². The van der Waals surface area contributed by atoms with E-state index in [2.05, 4.69) is 0 Å². The highest BCUT2D eigenvalue weighted by Gasteiger charge is 2.06. The van der Waals surface area contributed by atoms with E-state index in [0.29, 0.717) is 24.5 Å². The Bertz CT molecular complexity index is 590. The summed E-state index contributed by atoms with van der Waals surface area (Å²) in [5, 5.41) is 8.95. The molecule has 0 heterocycles. The highest BCUT2D eigenvalue weighted by Crippen LogP contribution is 2.18. The van der Waals surface area contributed by atoms with E-state index in [9.17, 15) is 4.79 Å². The first kappa shape index (κ1) is 15.1. The molecule has 0 aliphatic heterocycles. The fourth-order valence-electron chi connectivity index (χ4n) is 1.89. The van der Waals surface area contributed by atoms with Gasteiger partial charge in [-0.1, -0.05) is 24.3 Å². The van der Waals surface area contributed by atoms with Crippen LogP contribution in [0.2, 0.25) is 0 Å². The molecule has 0 amide bonds. The third-order valence-corrected chi connectivity index (χ3v) is 2.98. The summed E-state index contributed by atoms with van der Waals surface area (Å²) in [7, 11) is 0. The average molecular weight is 286 g/mol. The van der Waals surface area contributed by atoms with Gasteiger partial charge in [-0.25, -0.2) is 0 Å². The largest absolute Gasteiger partial charge is 0.490 e. The Hall–Kier alpha value is -2.33. The van der Waals surface area contributed by atoms with Gasteiger partial charge in [-0.05, 0) is 36.8 Å². The summed E-state index contributed by atoms with van der Waals surface area (Å²) in [4.78, 5) is 11.4. The van der Waals surface area contributed by atoms with E-state index >= 15 is 0 Å². The normalized spacial score (nSPS) is 10.2. The van der Waals surface area contributed by atoms with Crippen LogP contribution in [0.5, 0.6) is 11.5 Å². The molecule has 0 aliphatic rings. The highest BCUT2D eigenvalue weighted by atomic mass is 16.5. The molecular weight excluding hydrogens is 268 g/mol. The van der Waals surface area contributed by atoms with E-state index in [1.165, 1.54) is 6.92 Å². The molecule has 0 saturated heterocycles. The van der Waals surface area contributed by atoms with Crippen LogP contribution in [0, 0.1) is 0 Å². The first-order valence-electron chi connectivity index (χ1n) is 6.76. The van der Waals surface area contributed by atoms with Crippen molar-refractivity contribution in [3.63, 3.8) is 0 Å². The molecule has 0 radical (unpaired) electrons. The van der Waals surface area contributed by atoms with Gasteiger partial charge >= 0.3 is 0 Å². The van der Waals surface area contributed by atoms with Crippen molar-refractivity contribution in [1.29, 1.82) is 0 Å². The summed E-state index contributed by atoms with van der Waals surface area (Å²) >= 11 is 0. The van der Waals surface area contributed by atoms with Crippen LogP contribution in [0.25, 0.3) is 0 Å². The molecule has 0 bridgehead atoms. The lowest BCUT2D eigenvalue weighted by atomic mass is 10.1. The lowest BCUT2D eigenvalue weighted by molar-refractivity contribution is 0.101. The number of aliphatic hydroxyl groups is 1. The first-order chi connectivity index (χ1) is 10.2. The Morgan fingerprint density at radius 1 is 1.00 bits per heavy atom. The molecule has 0 fully saturated rings. The summed E-state index contributed by atoms with van der Waals surface area (Å²) in [5.74, 6) is 1.27. The second kappa shape index (κ2) is 7.45. The number of ether oxygens (including phenoxy) is 2. The maximum absolute atomic E-state index is 11.4. The minimum atomic E-state index is -0.0221. The minimum absolute atomic E-state index is 0.0191. The quantitative estimate of drug-likeness (QED) is 0.628. The first-order valence-corrected chi connectivity index (χ1v) is 6.76. The van der Waals surface area contributed by atoms with Gasteiger partial charge in [0.1, 0.15) is 24.7 Å². The lowest BCUT2D eigenvalue weighted by Gasteiger charge is -2.10. The molecular formula is C17H18O4. The van der Waals surface area contributed by atoms with Gasteiger partial charge in [0.2, 0.25) is 0 Å². The maximum atomic E-state index is 11.4. The molecule has 0 saturated carbocycles. The zero-order valence-electron chi connectivity index (χ0n) is 11.9. The molecule has 1 N–H and O–H groups in total. The van der Waals surface area contributed by atoms with Gasteiger partial charge in [0.25, 0.3) is 0 Å². The number of para-hydroxylation sites is 1. The van der Waals surface area contributed by atoms with Crippen LogP contribution in [0.3, 0.4) is 0 Å². The lowest BCUT2D eigenvalue weighted by Crippen LogP contribution is -2.10. The third-order valence-electron chi connectivity index (χ3n) is 2.98. The summed E-state index contributed by atoms with van der Waals surface area (Å²) < 4.78 is 11.1. The summed E-state index contributed by atoms with van der Waals surface area (Å²) in [6.07, 6.45) is 0. The Morgan fingerprint density at radius 3 is 2.33 bits per heavy atom. The predicted molar refractivity (Wildman–Crippen MR) is 79.8 cm³/mol. The number of carbonyl (C=O) groups is 1. The van der Waals surface area contributed by atoms with E-state index in [4.69, 9.17) is 14.6 Å². The van der Waals surface area contributed by atoms with Crippen LogP contribution >= 0.6 is 0 Å². The second-order valence-corrected chi connectivity index (χ2v) is 4.55. The van der Waals surface area contributed by atoms with Crippen molar-refractivity contribution in [3.05, 3.63) is 59.7 Å². The standard InChI is InChI=1S/C17H18O4/c1-13(19)16-4-2-3-5-17(16)21-11-10-20-15-8-6-14(12-18)7-9-15/h2-9,18H,10-12H2,1H3. The van der Waals surface area contributed by atoms with Crippen LogP contribution in [-0.2, 0) is 6.61 Å². The van der Waals surface area contributed by atoms with Crippen LogP contribution in [0.1, 0.15) is 22.8 Å². The number of benzene rings is 2. The Balaban J connectivity index is 1.83. The van der Waals surface area contributed by atoms with Crippen molar-refractivity contribution in [2.24, 2.45) is 0 Å². The zero-order chi connectivity index (χ0) is 15.1. The number of carbonyl (C=O) groups excluding carboxylic acids is 1. The van der Waals surface area contributed by atoms with Gasteiger partial charge in [-0.2, -0.15) is 0 Å². The summed E-state index contributed by atoms with van der Waals surface area (Å²) in [6.45, 7) is 2.27. The van der Waals surface area contributed by atoms with Crippen molar-refractivity contribution < 1.29 is 19.4 Å². The van der Waals surface area contributed by atoms with Gasteiger partial charge in [-0.15, -0.1) is 0 Å². The van der Waals surface area contributed by atoms with E-state index in [1.807, 2.05) is 12.1 Å². The molecule has 2 aromatic carbocycles. The average Bonchev–Trinajstić information content (AvgIpc) is 2.52. The van der Waals surface area contributed by atoms with Crippen LogP contribution in [-0.4, -0.2) is 24.1 Å². The molecule has 2 rings (SSSR count). The molecule has 21 heavy (non-hydrogen) atoms. The van der Waals surface area contributed by atoms with Crippen molar-refractivity contribution in [2.75, 3.05) is 13.2 Å². The maximum Gasteiger partial charge on any atom is 0.163 e. The topological polar surface area (TPSA) is 55.8 Å². The number of rotatable bonds is 7. The second-order valence-electron chi connectivity index (χ2n) is 4.55. The fraction of sp³-hybridized carbons (Fsp3) is 0.235. The third kappa shape index (κ3) is 4.33. The van der Waals surface area contributed by atoms with E-state index < -0.39 is 0 Å². The molecule has 0 aliphatic carbocycles. The van der Waals surface area contributed by atoms with E-state index in [-0.39, 0.29) is 12.4 Å². The number of hydrogen-bond donors (Lipinski definition) is 1. The fourth-order valence-corrected chi connectivity index (χ4v) is 1.89. The summed E-state index contributed by atoms with van der Waals surface area (Å²) in [5.41, 5.74) is 1.42. The number of ketones is 1. The van der Waals surface area contributed by atoms with E-state index in [0.717, 1.165) is 11.3 Å². The van der Waals surface area contributed by atoms with Crippen molar-refractivity contribution in [1.82, 2.24) is 0 Å².